The third kappa shape index (κ3) is 4.53. The Balaban J connectivity index is 1.73. The zero-order chi connectivity index (χ0) is 19.4. The average molecular weight is 364 g/mol. The van der Waals surface area contributed by atoms with E-state index in [0.717, 1.165) is 28.6 Å². The van der Waals surface area contributed by atoms with Gasteiger partial charge in [-0.15, -0.1) is 0 Å². The van der Waals surface area contributed by atoms with E-state index in [1.807, 2.05) is 63.2 Å². The van der Waals surface area contributed by atoms with Crippen molar-refractivity contribution < 1.29 is 9.59 Å². The van der Waals surface area contributed by atoms with Crippen LogP contribution in [-0.4, -0.2) is 27.8 Å². The van der Waals surface area contributed by atoms with Crippen LogP contribution in [0.4, 0.5) is 5.95 Å². The molecule has 1 unspecified atom stereocenters. The lowest BCUT2D eigenvalue weighted by Crippen LogP contribution is -2.43. The van der Waals surface area contributed by atoms with Gasteiger partial charge in [0, 0.05) is 5.56 Å². The normalized spacial score (nSPS) is 12.0. The molecule has 3 rings (SSSR count). The molecule has 0 bridgehead atoms. The quantitative estimate of drug-likeness (QED) is 0.623. The molecule has 1 aromatic heterocycles. The van der Waals surface area contributed by atoms with Crippen LogP contribution in [0.1, 0.15) is 41.3 Å². The average Bonchev–Trinajstić information content (AvgIpc) is 3.02. The number of H-pyrrole nitrogens is 1. The maximum atomic E-state index is 12.7. The smallest absolute Gasteiger partial charge is 0.251 e. The van der Waals surface area contributed by atoms with E-state index in [2.05, 4.69) is 20.6 Å². The second kappa shape index (κ2) is 8.03. The van der Waals surface area contributed by atoms with Crippen molar-refractivity contribution in [3.05, 3.63) is 59.2 Å². The number of para-hydroxylation sites is 2. The zero-order valence-electron chi connectivity index (χ0n) is 15.8. The van der Waals surface area contributed by atoms with Crippen molar-refractivity contribution in [3.63, 3.8) is 0 Å². The van der Waals surface area contributed by atoms with Crippen LogP contribution in [-0.2, 0) is 4.79 Å². The molecule has 140 valence electrons. The number of rotatable bonds is 6. The van der Waals surface area contributed by atoms with Gasteiger partial charge in [-0.25, -0.2) is 4.98 Å². The van der Waals surface area contributed by atoms with Crippen molar-refractivity contribution in [1.29, 1.82) is 0 Å². The molecule has 6 heteroatoms. The summed E-state index contributed by atoms with van der Waals surface area (Å²) in [5, 5.41) is 5.63. The number of aromatic nitrogens is 2. The number of imidazole rings is 1. The predicted octanol–water partition coefficient (Wildman–Crippen LogP) is 3.72. The van der Waals surface area contributed by atoms with Crippen LogP contribution in [0.15, 0.2) is 42.5 Å². The zero-order valence-corrected chi connectivity index (χ0v) is 15.8. The lowest BCUT2D eigenvalue weighted by Gasteiger charge is -2.17. The number of aromatic amines is 1. The number of carbonyl (C=O) groups is 2. The summed E-state index contributed by atoms with van der Waals surface area (Å²) in [5.41, 5.74) is 4.21. The van der Waals surface area contributed by atoms with Crippen molar-refractivity contribution in [2.24, 2.45) is 0 Å². The number of nitrogens with one attached hydrogen (secondary N) is 3. The summed E-state index contributed by atoms with van der Waals surface area (Å²) in [4.78, 5) is 32.7. The van der Waals surface area contributed by atoms with Crippen LogP contribution < -0.4 is 10.6 Å². The van der Waals surface area contributed by atoms with E-state index in [1.54, 1.807) is 0 Å². The Hall–Kier alpha value is -3.15. The fourth-order valence-corrected chi connectivity index (χ4v) is 3.12. The number of amides is 2. The van der Waals surface area contributed by atoms with Crippen LogP contribution in [0, 0.1) is 13.8 Å². The number of hydrogen-bond acceptors (Lipinski definition) is 3. The van der Waals surface area contributed by atoms with Gasteiger partial charge in [-0.2, -0.15) is 0 Å². The Morgan fingerprint density at radius 1 is 1.11 bits per heavy atom. The van der Waals surface area contributed by atoms with E-state index in [9.17, 15) is 9.59 Å². The van der Waals surface area contributed by atoms with Crippen molar-refractivity contribution in [2.75, 3.05) is 5.32 Å². The Bertz CT molecular complexity index is 924. The number of benzene rings is 2. The maximum absolute atomic E-state index is 12.7. The number of hydrogen-bond donors (Lipinski definition) is 3. The van der Waals surface area contributed by atoms with Crippen LogP contribution in [0.3, 0.4) is 0 Å². The summed E-state index contributed by atoms with van der Waals surface area (Å²) < 4.78 is 0. The molecule has 0 radical (unpaired) electrons. The van der Waals surface area contributed by atoms with E-state index in [4.69, 9.17) is 0 Å². The van der Waals surface area contributed by atoms with Crippen molar-refractivity contribution in [3.8, 4) is 0 Å². The van der Waals surface area contributed by atoms with Gasteiger partial charge < -0.3 is 10.3 Å². The molecule has 0 aliphatic rings. The fraction of sp³-hybridized carbons (Fsp3) is 0.286. The summed E-state index contributed by atoms with van der Waals surface area (Å²) in [7, 11) is 0. The third-order valence-corrected chi connectivity index (χ3v) is 4.31. The number of aryl methyl sites for hydroxylation is 2. The van der Waals surface area contributed by atoms with Gasteiger partial charge in [-0.1, -0.05) is 42.7 Å². The molecule has 0 fully saturated rings. The van der Waals surface area contributed by atoms with Crippen LogP contribution in [0.2, 0.25) is 0 Å². The minimum atomic E-state index is -0.628. The first-order chi connectivity index (χ1) is 13.0. The summed E-state index contributed by atoms with van der Waals surface area (Å²) >= 11 is 0. The first-order valence-corrected chi connectivity index (χ1v) is 9.11. The van der Waals surface area contributed by atoms with Gasteiger partial charge in [0.1, 0.15) is 6.04 Å². The highest BCUT2D eigenvalue weighted by molar-refractivity contribution is 6.01. The molecule has 1 atom stereocenters. The van der Waals surface area contributed by atoms with E-state index >= 15 is 0 Å². The minimum Gasteiger partial charge on any atom is -0.340 e. The second-order valence-corrected chi connectivity index (χ2v) is 6.78. The summed E-state index contributed by atoms with van der Waals surface area (Å²) in [5.74, 6) is -0.156. The van der Waals surface area contributed by atoms with Crippen LogP contribution >= 0.6 is 0 Å². The number of carbonyl (C=O) groups excluding carboxylic acids is 2. The molecule has 0 saturated carbocycles. The molecule has 0 aliphatic heterocycles. The third-order valence-electron chi connectivity index (χ3n) is 4.31. The molecule has 0 aliphatic carbocycles. The summed E-state index contributed by atoms with van der Waals surface area (Å²) in [6.45, 7) is 5.87. The molecular weight excluding hydrogens is 340 g/mol. The topological polar surface area (TPSA) is 86.9 Å². The lowest BCUT2D eigenvalue weighted by atomic mass is 10.1. The molecule has 0 saturated heterocycles. The standard InChI is InChI=1S/C21H24N4O2/c1-4-7-18(22-19(26)15-11-13(2)10-14(3)12-15)20(27)25-21-23-16-8-5-6-9-17(16)24-21/h5-6,8-12,18H,4,7H2,1-3H3,(H,22,26)(H2,23,24,25,27). The maximum Gasteiger partial charge on any atom is 0.251 e. The van der Waals surface area contributed by atoms with Crippen molar-refractivity contribution in [1.82, 2.24) is 15.3 Å². The van der Waals surface area contributed by atoms with Gasteiger partial charge in [0.15, 0.2) is 0 Å². The number of anilines is 1. The Kier molecular flexibility index (Phi) is 5.54. The van der Waals surface area contributed by atoms with Gasteiger partial charge in [-0.3, -0.25) is 14.9 Å². The lowest BCUT2D eigenvalue weighted by molar-refractivity contribution is -0.118. The Morgan fingerprint density at radius 2 is 1.81 bits per heavy atom. The molecule has 3 N–H and O–H groups in total. The molecule has 27 heavy (non-hydrogen) atoms. The van der Waals surface area contributed by atoms with E-state index in [1.165, 1.54) is 0 Å². The van der Waals surface area contributed by atoms with Gasteiger partial charge in [0.2, 0.25) is 11.9 Å². The predicted molar refractivity (Wildman–Crippen MR) is 107 cm³/mol. The minimum absolute atomic E-state index is 0.250. The number of fused-ring (bicyclic) bond motifs is 1. The molecule has 6 nitrogen and oxygen atoms in total. The van der Waals surface area contributed by atoms with Gasteiger partial charge in [0.05, 0.1) is 11.0 Å². The van der Waals surface area contributed by atoms with Crippen molar-refractivity contribution in [2.45, 2.75) is 39.7 Å². The van der Waals surface area contributed by atoms with Crippen molar-refractivity contribution >= 4 is 28.8 Å². The molecule has 2 aromatic carbocycles. The largest absolute Gasteiger partial charge is 0.340 e. The summed E-state index contributed by atoms with van der Waals surface area (Å²) in [6, 6.07) is 12.6. The summed E-state index contributed by atoms with van der Waals surface area (Å²) in [6.07, 6.45) is 1.31. The molecule has 2 amide bonds. The monoisotopic (exact) mass is 364 g/mol. The van der Waals surface area contributed by atoms with E-state index < -0.39 is 6.04 Å². The first kappa shape index (κ1) is 18.6. The van der Waals surface area contributed by atoms with Gasteiger partial charge >= 0.3 is 0 Å². The highest BCUT2D eigenvalue weighted by Crippen LogP contribution is 2.14. The molecule has 3 aromatic rings. The van der Waals surface area contributed by atoms with Crippen LogP contribution in [0.25, 0.3) is 11.0 Å². The first-order valence-electron chi connectivity index (χ1n) is 9.11. The highest BCUT2D eigenvalue weighted by Gasteiger charge is 2.22. The van der Waals surface area contributed by atoms with Gasteiger partial charge in [-0.05, 0) is 44.5 Å². The van der Waals surface area contributed by atoms with E-state index in [0.29, 0.717) is 17.9 Å². The number of nitrogens with zero attached hydrogens (tertiary/aromatic N) is 1. The van der Waals surface area contributed by atoms with Crippen LogP contribution in [0.5, 0.6) is 0 Å². The second-order valence-electron chi connectivity index (χ2n) is 6.78. The molecular formula is C21H24N4O2. The van der Waals surface area contributed by atoms with E-state index in [-0.39, 0.29) is 11.8 Å². The Labute approximate surface area is 158 Å². The Morgan fingerprint density at radius 3 is 2.48 bits per heavy atom. The molecule has 0 spiro atoms. The van der Waals surface area contributed by atoms with Gasteiger partial charge in [0.25, 0.3) is 5.91 Å². The SMILES string of the molecule is CCCC(NC(=O)c1cc(C)cc(C)c1)C(=O)Nc1nc2ccccc2[nH]1. The highest BCUT2D eigenvalue weighted by atomic mass is 16.2. The molecule has 1 heterocycles. The fourth-order valence-electron chi connectivity index (χ4n) is 3.12.